The van der Waals surface area contributed by atoms with E-state index in [-0.39, 0.29) is 5.84 Å². The monoisotopic (exact) mass is 236 g/mol. The van der Waals surface area contributed by atoms with Crippen molar-refractivity contribution in [1.29, 1.82) is 5.41 Å². The molecule has 0 fully saturated rings. The van der Waals surface area contributed by atoms with Crippen LogP contribution in [0.15, 0.2) is 24.1 Å². The van der Waals surface area contributed by atoms with Crippen molar-refractivity contribution in [2.24, 2.45) is 11.7 Å². The van der Waals surface area contributed by atoms with E-state index in [1.165, 1.54) is 6.08 Å². The summed E-state index contributed by atoms with van der Waals surface area (Å²) in [5, 5.41) is 6.99. The van der Waals surface area contributed by atoms with Gasteiger partial charge in [-0.1, -0.05) is 6.08 Å². The highest BCUT2D eigenvalue weighted by Crippen LogP contribution is 2.36. The van der Waals surface area contributed by atoms with E-state index >= 15 is 0 Å². The summed E-state index contributed by atoms with van der Waals surface area (Å²) in [6.07, 6.45) is 3.30. The Balaban J connectivity index is 2.90. The van der Waals surface area contributed by atoms with Gasteiger partial charge in [0.1, 0.15) is 11.7 Å². The van der Waals surface area contributed by atoms with E-state index in [2.05, 4.69) is 15.9 Å². The first-order valence-corrected chi connectivity index (χ1v) is 4.01. The Morgan fingerprint density at radius 2 is 2.33 bits per heavy atom. The Bertz CT molecular complexity index is 271. The number of halogens is 3. The summed E-state index contributed by atoms with van der Waals surface area (Å²) in [6.45, 7) is 0. The lowest BCUT2D eigenvalue weighted by molar-refractivity contribution is 0.346. The summed E-state index contributed by atoms with van der Waals surface area (Å²) in [5.41, 5.74) is 5.10. The van der Waals surface area contributed by atoms with Crippen LogP contribution >= 0.6 is 15.9 Å². The lowest BCUT2D eigenvalue weighted by Gasteiger charge is -2.18. The smallest absolute Gasteiger partial charge is 0.233 e. The summed E-state index contributed by atoms with van der Waals surface area (Å²) in [4.78, 5) is 0. The number of hydrogen-bond donors (Lipinski definition) is 2. The van der Waals surface area contributed by atoms with Crippen LogP contribution < -0.4 is 5.73 Å². The fourth-order valence-corrected chi connectivity index (χ4v) is 1.11. The van der Waals surface area contributed by atoms with E-state index in [1.54, 1.807) is 0 Å². The lowest BCUT2D eigenvalue weighted by Crippen LogP contribution is -2.24. The molecule has 1 aliphatic rings. The predicted molar refractivity (Wildman–Crippen MR) is 46.5 cm³/mol. The standard InChI is InChI=1S/C7H7BrF2N2/c8-7(10)2-1-4(6(11)12)3-5(7)9/h1-4H,(H3,11,12). The molecular formula is C7H7BrF2N2. The maximum Gasteiger partial charge on any atom is 0.233 e. The molecule has 66 valence electrons. The van der Waals surface area contributed by atoms with Crippen LogP contribution in [0.25, 0.3) is 0 Å². The molecule has 0 saturated heterocycles. The van der Waals surface area contributed by atoms with Crippen LogP contribution in [0.5, 0.6) is 0 Å². The molecule has 0 radical (unpaired) electrons. The van der Waals surface area contributed by atoms with Crippen molar-refractivity contribution in [1.82, 2.24) is 0 Å². The zero-order valence-electron chi connectivity index (χ0n) is 6.02. The Morgan fingerprint density at radius 3 is 2.75 bits per heavy atom. The minimum absolute atomic E-state index is 0.204. The van der Waals surface area contributed by atoms with Gasteiger partial charge in [-0.3, -0.25) is 5.41 Å². The minimum atomic E-state index is -2.22. The van der Waals surface area contributed by atoms with E-state index in [9.17, 15) is 8.78 Å². The largest absolute Gasteiger partial charge is 0.387 e. The Morgan fingerprint density at radius 1 is 1.75 bits per heavy atom. The normalized spacial score (nSPS) is 34.6. The van der Waals surface area contributed by atoms with Crippen molar-refractivity contribution >= 4 is 21.8 Å². The molecule has 0 aromatic rings. The van der Waals surface area contributed by atoms with Gasteiger partial charge in [0.2, 0.25) is 4.58 Å². The average Bonchev–Trinajstić information content (AvgIpc) is 1.94. The highest BCUT2D eigenvalue weighted by atomic mass is 79.9. The molecule has 3 N–H and O–H groups in total. The van der Waals surface area contributed by atoms with Gasteiger partial charge in [0.05, 0.1) is 5.92 Å². The lowest BCUT2D eigenvalue weighted by atomic mass is 10.0. The molecule has 0 bridgehead atoms. The van der Waals surface area contributed by atoms with Crippen molar-refractivity contribution in [3.05, 3.63) is 24.1 Å². The highest BCUT2D eigenvalue weighted by molar-refractivity contribution is 9.10. The van der Waals surface area contributed by atoms with Crippen molar-refractivity contribution in [2.45, 2.75) is 4.58 Å². The molecule has 12 heavy (non-hydrogen) atoms. The van der Waals surface area contributed by atoms with E-state index < -0.39 is 16.3 Å². The molecule has 0 aliphatic heterocycles. The number of hydrogen-bond acceptors (Lipinski definition) is 1. The number of nitrogens with one attached hydrogen (secondary N) is 1. The van der Waals surface area contributed by atoms with Gasteiger partial charge in [-0.2, -0.15) is 0 Å². The summed E-state index contributed by atoms with van der Waals surface area (Å²) in [6, 6.07) is 0. The summed E-state index contributed by atoms with van der Waals surface area (Å²) in [5.74, 6) is -1.80. The van der Waals surface area contributed by atoms with Crippen LogP contribution in [-0.2, 0) is 0 Å². The first-order valence-electron chi connectivity index (χ1n) is 3.22. The van der Waals surface area contributed by atoms with E-state index in [0.29, 0.717) is 0 Å². The summed E-state index contributed by atoms with van der Waals surface area (Å²) < 4.78 is 23.6. The van der Waals surface area contributed by atoms with Gasteiger partial charge in [-0.05, 0) is 28.1 Å². The first-order chi connectivity index (χ1) is 5.43. The maximum absolute atomic E-state index is 13.0. The maximum atomic E-state index is 13.0. The predicted octanol–water partition coefficient (Wildman–Crippen LogP) is 2.02. The van der Waals surface area contributed by atoms with Gasteiger partial charge in [0, 0.05) is 0 Å². The van der Waals surface area contributed by atoms with Crippen molar-refractivity contribution in [3.8, 4) is 0 Å². The SMILES string of the molecule is N=C(N)C1C=CC(F)(Br)C(F)=C1. The third-order valence-corrected chi connectivity index (χ3v) is 2.16. The third kappa shape index (κ3) is 1.72. The second-order valence-electron chi connectivity index (χ2n) is 2.48. The van der Waals surface area contributed by atoms with Crippen LogP contribution in [0.2, 0.25) is 0 Å². The van der Waals surface area contributed by atoms with E-state index in [0.717, 1.165) is 12.2 Å². The van der Waals surface area contributed by atoms with E-state index in [1.807, 2.05) is 0 Å². The molecule has 5 heteroatoms. The molecule has 1 aliphatic carbocycles. The molecular weight excluding hydrogens is 230 g/mol. The van der Waals surface area contributed by atoms with Gasteiger partial charge in [0.15, 0.2) is 0 Å². The molecule has 2 nitrogen and oxygen atoms in total. The summed E-state index contributed by atoms with van der Waals surface area (Å²) in [7, 11) is 0. The molecule has 1 rings (SSSR count). The minimum Gasteiger partial charge on any atom is -0.387 e. The second-order valence-corrected chi connectivity index (χ2v) is 3.63. The van der Waals surface area contributed by atoms with Crippen LogP contribution in [0, 0.1) is 11.3 Å². The number of allylic oxidation sites excluding steroid dienone is 2. The zero-order valence-corrected chi connectivity index (χ0v) is 7.61. The van der Waals surface area contributed by atoms with Crippen LogP contribution in [0.1, 0.15) is 0 Å². The van der Waals surface area contributed by atoms with Crippen molar-refractivity contribution in [2.75, 3.05) is 0 Å². The molecule has 2 unspecified atom stereocenters. The topological polar surface area (TPSA) is 49.9 Å². The molecule has 0 aromatic carbocycles. The van der Waals surface area contributed by atoms with Crippen LogP contribution in [0.4, 0.5) is 8.78 Å². The highest BCUT2D eigenvalue weighted by Gasteiger charge is 2.32. The Hall–Kier alpha value is -0.710. The quantitative estimate of drug-likeness (QED) is 0.311. The molecule has 2 atom stereocenters. The van der Waals surface area contributed by atoms with Gasteiger partial charge >= 0.3 is 0 Å². The summed E-state index contributed by atoms with van der Waals surface area (Å²) >= 11 is 2.53. The number of nitrogens with two attached hydrogens (primary N) is 1. The number of rotatable bonds is 1. The average molecular weight is 237 g/mol. The van der Waals surface area contributed by atoms with Crippen LogP contribution in [-0.4, -0.2) is 10.4 Å². The number of alkyl halides is 2. The van der Waals surface area contributed by atoms with Gasteiger partial charge in [0.25, 0.3) is 0 Å². The molecule has 0 spiro atoms. The van der Waals surface area contributed by atoms with E-state index in [4.69, 9.17) is 11.1 Å². The second kappa shape index (κ2) is 2.97. The van der Waals surface area contributed by atoms with Gasteiger partial charge in [-0.15, -0.1) is 0 Å². The Kier molecular flexibility index (Phi) is 2.32. The Labute approximate surface area is 76.8 Å². The molecule has 0 heterocycles. The van der Waals surface area contributed by atoms with Crippen molar-refractivity contribution < 1.29 is 8.78 Å². The fourth-order valence-electron chi connectivity index (χ4n) is 0.822. The molecule has 0 amide bonds. The molecule has 0 aromatic heterocycles. The molecule has 0 saturated carbocycles. The van der Waals surface area contributed by atoms with Gasteiger partial charge < -0.3 is 5.73 Å². The van der Waals surface area contributed by atoms with Gasteiger partial charge in [-0.25, -0.2) is 8.78 Å². The fraction of sp³-hybridized carbons (Fsp3) is 0.286. The zero-order chi connectivity index (χ0) is 9.35. The third-order valence-electron chi connectivity index (χ3n) is 1.52. The number of amidine groups is 1. The van der Waals surface area contributed by atoms with Crippen molar-refractivity contribution in [3.63, 3.8) is 0 Å². The first kappa shape index (κ1) is 9.38. The van der Waals surface area contributed by atoms with Crippen LogP contribution in [0.3, 0.4) is 0 Å².